The molecule has 94 valence electrons. The molecule has 1 rings (SSSR count). The molecule has 0 atom stereocenters. The van der Waals surface area contributed by atoms with Crippen molar-refractivity contribution in [3.8, 4) is 0 Å². The van der Waals surface area contributed by atoms with Crippen LogP contribution in [-0.4, -0.2) is 18.9 Å². The Hall–Kier alpha value is -1.24. The predicted octanol–water partition coefficient (Wildman–Crippen LogP) is 3.87. The molecule has 3 nitrogen and oxygen atoms in total. The number of ether oxygens (including phenoxy) is 1. The van der Waals surface area contributed by atoms with Gasteiger partial charge in [0.15, 0.2) is 6.61 Å². The Morgan fingerprint density at radius 2 is 2.12 bits per heavy atom. The smallest absolute Gasteiger partial charge is 0.422 e. The Balaban J connectivity index is 2.59. The summed E-state index contributed by atoms with van der Waals surface area (Å²) in [5.41, 5.74) is 1.22. The number of carbonyl (C=O) groups excluding carboxylic acids is 1. The molecule has 0 bridgehead atoms. The molecule has 0 aromatic heterocycles. The number of aryl methyl sites for hydroxylation is 1. The van der Waals surface area contributed by atoms with Gasteiger partial charge in [-0.25, -0.2) is 4.79 Å². The van der Waals surface area contributed by atoms with Gasteiger partial charge in [-0.3, -0.25) is 5.32 Å². The predicted molar refractivity (Wildman–Crippen MR) is 59.9 cm³/mol. The molecule has 0 spiro atoms. The molecule has 0 fully saturated rings. The van der Waals surface area contributed by atoms with Gasteiger partial charge in [-0.1, -0.05) is 6.07 Å². The number of anilines is 1. The molecule has 17 heavy (non-hydrogen) atoms. The summed E-state index contributed by atoms with van der Waals surface area (Å²) in [5, 5.41) is 2.22. The molecule has 1 N–H and O–H groups in total. The highest BCUT2D eigenvalue weighted by molar-refractivity contribution is 9.10. The number of benzene rings is 1. The summed E-state index contributed by atoms with van der Waals surface area (Å²) in [6.07, 6.45) is -5.67. The first-order valence-electron chi connectivity index (χ1n) is 4.54. The van der Waals surface area contributed by atoms with E-state index in [1.54, 1.807) is 25.1 Å². The quantitative estimate of drug-likeness (QED) is 0.900. The largest absolute Gasteiger partial charge is 0.440 e. The maximum Gasteiger partial charge on any atom is 0.422 e. The van der Waals surface area contributed by atoms with Crippen LogP contribution in [0.15, 0.2) is 22.7 Å². The molecular weight excluding hydrogens is 303 g/mol. The fraction of sp³-hybridized carbons (Fsp3) is 0.300. The minimum Gasteiger partial charge on any atom is -0.440 e. The first kappa shape index (κ1) is 13.8. The highest BCUT2D eigenvalue weighted by Gasteiger charge is 2.29. The van der Waals surface area contributed by atoms with Crippen molar-refractivity contribution in [3.63, 3.8) is 0 Å². The van der Waals surface area contributed by atoms with Gasteiger partial charge in [-0.05, 0) is 40.5 Å². The van der Waals surface area contributed by atoms with Crippen molar-refractivity contribution >= 4 is 27.7 Å². The minimum atomic E-state index is -4.53. The average molecular weight is 312 g/mol. The van der Waals surface area contributed by atoms with Crippen molar-refractivity contribution < 1.29 is 22.7 Å². The zero-order chi connectivity index (χ0) is 13.1. The summed E-state index contributed by atoms with van der Waals surface area (Å²) in [5.74, 6) is 0. The molecule has 0 aliphatic rings. The molecule has 7 heteroatoms. The van der Waals surface area contributed by atoms with Crippen LogP contribution in [0.3, 0.4) is 0 Å². The number of carbonyl (C=O) groups is 1. The van der Waals surface area contributed by atoms with Gasteiger partial charge in [-0.15, -0.1) is 0 Å². The first-order valence-corrected chi connectivity index (χ1v) is 5.34. The minimum absolute atomic E-state index is 0.358. The molecule has 0 saturated heterocycles. The van der Waals surface area contributed by atoms with Crippen LogP contribution in [0.2, 0.25) is 0 Å². The van der Waals surface area contributed by atoms with Crippen LogP contribution in [0.25, 0.3) is 0 Å². The number of rotatable bonds is 2. The second kappa shape index (κ2) is 5.39. The first-order chi connectivity index (χ1) is 7.78. The van der Waals surface area contributed by atoms with E-state index in [1.165, 1.54) is 0 Å². The third kappa shape index (κ3) is 5.08. The molecule has 0 saturated carbocycles. The lowest BCUT2D eigenvalue weighted by molar-refractivity contribution is -0.159. The number of halogens is 4. The number of amides is 1. The molecule has 1 amide bonds. The standard InChI is InChI=1S/C10H9BrF3NO2/c1-6-2-3-7(11)8(4-6)15-9(16)17-5-10(12,13)14/h2-4H,5H2,1H3,(H,15,16). The van der Waals surface area contributed by atoms with Gasteiger partial charge in [0, 0.05) is 4.47 Å². The third-order valence-electron chi connectivity index (χ3n) is 1.73. The number of hydrogen-bond donors (Lipinski definition) is 1. The molecule has 0 aliphatic carbocycles. The Kier molecular flexibility index (Phi) is 4.39. The number of hydrogen-bond acceptors (Lipinski definition) is 2. The van der Waals surface area contributed by atoms with E-state index < -0.39 is 18.9 Å². The molecule has 0 unspecified atom stereocenters. The summed E-state index contributed by atoms with van der Waals surface area (Å²) >= 11 is 3.16. The van der Waals surface area contributed by atoms with Gasteiger partial charge in [0.05, 0.1) is 5.69 Å². The van der Waals surface area contributed by atoms with Crippen molar-refractivity contribution in [2.45, 2.75) is 13.1 Å². The fourth-order valence-corrected chi connectivity index (χ4v) is 1.37. The van der Waals surface area contributed by atoms with Gasteiger partial charge < -0.3 is 4.74 Å². The molecule has 0 heterocycles. The highest BCUT2D eigenvalue weighted by Crippen LogP contribution is 2.23. The van der Waals surface area contributed by atoms with Crippen LogP contribution >= 0.6 is 15.9 Å². The van der Waals surface area contributed by atoms with E-state index in [9.17, 15) is 18.0 Å². The summed E-state index contributed by atoms with van der Waals surface area (Å²) < 4.78 is 39.9. The maximum atomic E-state index is 11.8. The summed E-state index contributed by atoms with van der Waals surface area (Å²) in [7, 11) is 0. The fourth-order valence-electron chi connectivity index (χ4n) is 1.03. The van der Waals surface area contributed by atoms with Gasteiger partial charge in [0.25, 0.3) is 0 Å². The maximum absolute atomic E-state index is 11.8. The Morgan fingerprint density at radius 3 is 2.71 bits per heavy atom. The SMILES string of the molecule is Cc1ccc(Br)c(NC(=O)OCC(F)(F)F)c1. The van der Waals surface area contributed by atoms with Crippen LogP contribution in [0.4, 0.5) is 23.7 Å². The van der Waals surface area contributed by atoms with E-state index in [4.69, 9.17) is 0 Å². The Bertz CT molecular complexity index is 421. The van der Waals surface area contributed by atoms with Crippen molar-refractivity contribution in [1.29, 1.82) is 0 Å². The molecule has 0 radical (unpaired) electrons. The van der Waals surface area contributed by atoms with Crippen molar-refractivity contribution in [1.82, 2.24) is 0 Å². The molecule has 0 aliphatic heterocycles. The lowest BCUT2D eigenvalue weighted by atomic mass is 10.2. The van der Waals surface area contributed by atoms with Crippen molar-refractivity contribution in [2.24, 2.45) is 0 Å². The average Bonchev–Trinajstić information content (AvgIpc) is 2.20. The zero-order valence-corrected chi connectivity index (χ0v) is 10.4. The van der Waals surface area contributed by atoms with E-state index in [-0.39, 0.29) is 0 Å². The lowest BCUT2D eigenvalue weighted by Crippen LogP contribution is -2.23. The topological polar surface area (TPSA) is 38.3 Å². The van der Waals surface area contributed by atoms with Gasteiger partial charge in [0.1, 0.15) is 0 Å². The normalized spacial score (nSPS) is 11.1. The van der Waals surface area contributed by atoms with Crippen LogP contribution < -0.4 is 5.32 Å². The van der Waals surface area contributed by atoms with E-state index in [0.717, 1.165) is 5.56 Å². The van der Waals surface area contributed by atoms with Gasteiger partial charge in [0.2, 0.25) is 0 Å². The number of alkyl halides is 3. The van der Waals surface area contributed by atoms with Crippen LogP contribution in [-0.2, 0) is 4.74 Å². The lowest BCUT2D eigenvalue weighted by Gasteiger charge is -2.10. The van der Waals surface area contributed by atoms with Crippen molar-refractivity contribution in [3.05, 3.63) is 28.2 Å². The summed E-state index contributed by atoms with van der Waals surface area (Å²) in [6.45, 7) is 0.181. The molecule has 1 aromatic rings. The number of nitrogens with one attached hydrogen (secondary N) is 1. The summed E-state index contributed by atoms with van der Waals surface area (Å²) in [6, 6.07) is 5.07. The van der Waals surface area contributed by atoms with Crippen molar-refractivity contribution in [2.75, 3.05) is 11.9 Å². The van der Waals surface area contributed by atoms with E-state index in [0.29, 0.717) is 10.2 Å². The molecular formula is C10H9BrF3NO2. The van der Waals surface area contributed by atoms with Gasteiger partial charge in [-0.2, -0.15) is 13.2 Å². The van der Waals surface area contributed by atoms with E-state index in [1.807, 2.05) is 0 Å². The highest BCUT2D eigenvalue weighted by atomic mass is 79.9. The monoisotopic (exact) mass is 311 g/mol. The van der Waals surface area contributed by atoms with E-state index >= 15 is 0 Å². The molecule has 1 aromatic carbocycles. The second-order valence-corrected chi connectivity index (χ2v) is 4.15. The van der Waals surface area contributed by atoms with Crippen LogP contribution in [0.1, 0.15) is 5.56 Å². The second-order valence-electron chi connectivity index (χ2n) is 3.30. The van der Waals surface area contributed by atoms with Crippen LogP contribution in [0, 0.1) is 6.92 Å². The third-order valence-corrected chi connectivity index (χ3v) is 2.42. The Morgan fingerprint density at radius 1 is 1.47 bits per heavy atom. The summed E-state index contributed by atoms with van der Waals surface area (Å²) in [4.78, 5) is 11.1. The van der Waals surface area contributed by atoms with Crippen LogP contribution in [0.5, 0.6) is 0 Å². The zero-order valence-electron chi connectivity index (χ0n) is 8.77. The Labute approximate surface area is 104 Å². The van der Waals surface area contributed by atoms with Gasteiger partial charge >= 0.3 is 12.3 Å². The van der Waals surface area contributed by atoms with E-state index in [2.05, 4.69) is 26.0 Å².